The first-order chi connectivity index (χ1) is 14.2. The number of benzene rings is 1. The van der Waals surface area contributed by atoms with Crippen LogP contribution < -0.4 is 0 Å². The molecule has 0 saturated carbocycles. The Hall–Kier alpha value is -3.01. The number of nitrogens with zero attached hydrogens (tertiary/aromatic N) is 3. The molecule has 0 N–H and O–H groups in total. The monoisotopic (exact) mass is 385 g/mol. The normalized spacial score (nSPS) is 16.6. The number of carbonyl (C=O) groups excluding carboxylic acids is 1. The minimum atomic E-state index is 0.158. The van der Waals surface area contributed by atoms with Crippen molar-refractivity contribution < 1.29 is 4.79 Å². The van der Waals surface area contributed by atoms with Crippen LogP contribution in [0.25, 0.3) is 0 Å². The van der Waals surface area contributed by atoms with Crippen molar-refractivity contribution in [3.05, 3.63) is 95.1 Å². The van der Waals surface area contributed by atoms with E-state index in [1.54, 1.807) is 6.20 Å². The molecular formula is C25H27N3O. The Morgan fingerprint density at radius 2 is 1.90 bits per heavy atom. The minimum absolute atomic E-state index is 0.158. The average Bonchev–Trinajstić information content (AvgIpc) is 2.75. The second-order valence-electron chi connectivity index (χ2n) is 7.88. The van der Waals surface area contributed by atoms with Crippen LogP contribution in [0.2, 0.25) is 0 Å². The predicted octanol–water partition coefficient (Wildman–Crippen LogP) is 4.32. The Morgan fingerprint density at radius 1 is 1.07 bits per heavy atom. The summed E-state index contributed by atoms with van der Waals surface area (Å²) in [5.74, 6) is 0.455. The molecule has 1 saturated heterocycles. The van der Waals surface area contributed by atoms with E-state index >= 15 is 0 Å². The topological polar surface area (TPSA) is 46.1 Å². The van der Waals surface area contributed by atoms with E-state index in [9.17, 15) is 4.79 Å². The zero-order chi connectivity index (χ0) is 20.1. The van der Waals surface area contributed by atoms with Crippen molar-refractivity contribution in [2.24, 2.45) is 0 Å². The maximum Gasteiger partial charge on any atom is 0.228 e. The van der Waals surface area contributed by atoms with Crippen LogP contribution in [0, 0.1) is 6.92 Å². The molecule has 1 aliphatic rings. The third kappa shape index (κ3) is 5.08. The minimum Gasteiger partial charge on any atom is -0.342 e. The summed E-state index contributed by atoms with van der Waals surface area (Å²) in [5, 5.41) is 0. The predicted molar refractivity (Wildman–Crippen MR) is 115 cm³/mol. The number of aromatic nitrogens is 2. The van der Waals surface area contributed by atoms with E-state index in [4.69, 9.17) is 4.98 Å². The summed E-state index contributed by atoms with van der Waals surface area (Å²) in [7, 11) is 0. The summed E-state index contributed by atoms with van der Waals surface area (Å²) in [6, 6.07) is 20.7. The number of hydrogen-bond donors (Lipinski definition) is 0. The van der Waals surface area contributed by atoms with Gasteiger partial charge in [-0.05, 0) is 61.6 Å². The number of hydrogen-bond acceptors (Lipinski definition) is 3. The van der Waals surface area contributed by atoms with Crippen LogP contribution in [0.4, 0.5) is 0 Å². The van der Waals surface area contributed by atoms with Gasteiger partial charge in [-0.1, -0.05) is 36.4 Å². The molecule has 1 atom stereocenters. The molecule has 3 aromatic rings. The fraction of sp³-hybridized carbons (Fsp3) is 0.320. The van der Waals surface area contributed by atoms with Gasteiger partial charge in [0, 0.05) is 42.3 Å². The molecule has 0 radical (unpaired) electrons. The molecule has 4 nitrogen and oxygen atoms in total. The standard InChI is InChI=1S/C25H27N3O/c1-19-14-21(15-20-8-3-2-4-9-20)16-24(27-19)22-10-7-13-28(18-22)25(29)17-23-11-5-6-12-26-23/h2-6,8-9,11-12,14,16,22H,7,10,13,15,17-18H2,1H3/t22-/m1/s1. The zero-order valence-electron chi connectivity index (χ0n) is 16.9. The van der Waals surface area contributed by atoms with E-state index in [0.29, 0.717) is 12.3 Å². The Kier molecular flexibility index (Phi) is 5.99. The second-order valence-corrected chi connectivity index (χ2v) is 7.88. The molecule has 148 valence electrons. The molecular weight excluding hydrogens is 358 g/mol. The van der Waals surface area contributed by atoms with Gasteiger partial charge >= 0.3 is 0 Å². The number of pyridine rings is 2. The van der Waals surface area contributed by atoms with Crippen molar-refractivity contribution in [3.63, 3.8) is 0 Å². The third-order valence-electron chi connectivity index (χ3n) is 5.53. The molecule has 1 amide bonds. The van der Waals surface area contributed by atoms with Gasteiger partial charge in [0.25, 0.3) is 0 Å². The van der Waals surface area contributed by atoms with Gasteiger partial charge in [-0.3, -0.25) is 14.8 Å². The first-order valence-corrected chi connectivity index (χ1v) is 10.4. The number of rotatable bonds is 5. The number of piperidine rings is 1. The van der Waals surface area contributed by atoms with E-state index in [1.807, 2.05) is 29.2 Å². The van der Waals surface area contributed by atoms with Crippen LogP contribution >= 0.6 is 0 Å². The fourth-order valence-electron chi connectivity index (χ4n) is 4.13. The van der Waals surface area contributed by atoms with Crippen molar-refractivity contribution in [1.82, 2.24) is 14.9 Å². The third-order valence-corrected chi connectivity index (χ3v) is 5.53. The van der Waals surface area contributed by atoms with E-state index in [-0.39, 0.29) is 5.91 Å². The van der Waals surface area contributed by atoms with Gasteiger partial charge in [0.2, 0.25) is 5.91 Å². The van der Waals surface area contributed by atoms with Crippen LogP contribution in [0.5, 0.6) is 0 Å². The lowest BCUT2D eigenvalue weighted by molar-refractivity contribution is -0.131. The van der Waals surface area contributed by atoms with Gasteiger partial charge in [0.1, 0.15) is 0 Å². The van der Waals surface area contributed by atoms with Crippen LogP contribution in [0.1, 0.15) is 47.0 Å². The number of amides is 1. The van der Waals surface area contributed by atoms with Crippen LogP contribution in [-0.4, -0.2) is 33.9 Å². The van der Waals surface area contributed by atoms with Crippen molar-refractivity contribution >= 4 is 5.91 Å². The van der Waals surface area contributed by atoms with Crippen molar-refractivity contribution in [3.8, 4) is 0 Å². The molecule has 4 rings (SSSR count). The van der Waals surface area contributed by atoms with E-state index < -0.39 is 0 Å². The highest BCUT2D eigenvalue weighted by Gasteiger charge is 2.26. The van der Waals surface area contributed by atoms with Crippen molar-refractivity contribution in [2.75, 3.05) is 13.1 Å². The van der Waals surface area contributed by atoms with E-state index in [1.165, 1.54) is 11.1 Å². The summed E-state index contributed by atoms with van der Waals surface area (Å²) in [5.41, 5.74) is 5.59. The Balaban J connectivity index is 1.47. The molecule has 2 aromatic heterocycles. The lowest BCUT2D eigenvalue weighted by Crippen LogP contribution is -2.40. The van der Waals surface area contributed by atoms with Gasteiger partial charge in [0.05, 0.1) is 6.42 Å². The SMILES string of the molecule is Cc1cc(Cc2ccccc2)cc([C@@H]2CCCN(C(=O)Cc3ccccn3)C2)n1. The van der Waals surface area contributed by atoms with Gasteiger partial charge in [-0.25, -0.2) is 0 Å². The van der Waals surface area contributed by atoms with Crippen molar-refractivity contribution in [1.29, 1.82) is 0 Å². The molecule has 4 heteroatoms. The molecule has 29 heavy (non-hydrogen) atoms. The van der Waals surface area contributed by atoms with Crippen LogP contribution in [-0.2, 0) is 17.6 Å². The first kappa shape index (κ1) is 19.3. The number of carbonyl (C=O) groups is 1. The maximum atomic E-state index is 12.8. The molecule has 0 spiro atoms. The highest BCUT2D eigenvalue weighted by Crippen LogP contribution is 2.27. The fourth-order valence-corrected chi connectivity index (χ4v) is 4.13. The molecule has 0 unspecified atom stereocenters. The first-order valence-electron chi connectivity index (χ1n) is 10.4. The van der Waals surface area contributed by atoms with Gasteiger partial charge in [-0.2, -0.15) is 0 Å². The number of likely N-dealkylation sites (tertiary alicyclic amines) is 1. The maximum absolute atomic E-state index is 12.8. The van der Waals surface area contributed by atoms with Crippen LogP contribution in [0.15, 0.2) is 66.9 Å². The summed E-state index contributed by atoms with van der Waals surface area (Å²) in [6.45, 7) is 3.63. The Morgan fingerprint density at radius 3 is 2.69 bits per heavy atom. The average molecular weight is 386 g/mol. The van der Waals surface area contributed by atoms with Gasteiger partial charge < -0.3 is 4.90 Å². The molecule has 1 aliphatic heterocycles. The molecule has 1 fully saturated rings. The molecule has 0 aliphatic carbocycles. The molecule has 1 aromatic carbocycles. The quantitative estimate of drug-likeness (QED) is 0.657. The summed E-state index contributed by atoms with van der Waals surface area (Å²) in [4.78, 5) is 23.9. The summed E-state index contributed by atoms with van der Waals surface area (Å²) >= 11 is 0. The van der Waals surface area contributed by atoms with E-state index in [2.05, 4.69) is 48.3 Å². The van der Waals surface area contributed by atoms with Crippen LogP contribution in [0.3, 0.4) is 0 Å². The van der Waals surface area contributed by atoms with Gasteiger partial charge in [0.15, 0.2) is 0 Å². The van der Waals surface area contributed by atoms with E-state index in [0.717, 1.165) is 49.4 Å². The molecule has 3 heterocycles. The Labute approximate surface area is 172 Å². The highest BCUT2D eigenvalue weighted by atomic mass is 16.2. The van der Waals surface area contributed by atoms with Crippen molar-refractivity contribution in [2.45, 2.75) is 38.5 Å². The number of aryl methyl sites for hydroxylation is 1. The lowest BCUT2D eigenvalue weighted by Gasteiger charge is -2.33. The zero-order valence-corrected chi connectivity index (χ0v) is 16.9. The summed E-state index contributed by atoms with van der Waals surface area (Å²) in [6.07, 6.45) is 5.11. The second kappa shape index (κ2) is 8.99. The molecule has 0 bridgehead atoms. The highest BCUT2D eigenvalue weighted by molar-refractivity contribution is 5.78. The smallest absolute Gasteiger partial charge is 0.228 e. The lowest BCUT2D eigenvalue weighted by atomic mass is 9.92. The largest absolute Gasteiger partial charge is 0.342 e. The van der Waals surface area contributed by atoms with Gasteiger partial charge in [-0.15, -0.1) is 0 Å². The summed E-state index contributed by atoms with van der Waals surface area (Å²) < 4.78 is 0. The Bertz CT molecular complexity index is 956.